The van der Waals surface area contributed by atoms with Crippen molar-refractivity contribution >= 4 is 33.0 Å². The predicted octanol–water partition coefficient (Wildman–Crippen LogP) is 1.61. The average Bonchev–Trinajstić information content (AvgIpc) is 3.06. The van der Waals surface area contributed by atoms with Gasteiger partial charge >= 0.3 is 0 Å². The standard InChI is InChI=1S/C16H21N5O4S2/c1-12-6-9-26-15(12)11-19-16(17-2)18-7-8-20-27(24,25)14-5-3-4-13(10-14)21(22)23/h3-6,9-10,20H,7-8,11H2,1-2H3,(H2,17,18,19). The summed E-state index contributed by atoms with van der Waals surface area (Å²) in [5.41, 5.74) is 0.928. The van der Waals surface area contributed by atoms with Crippen LogP contribution < -0.4 is 15.4 Å². The van der Waals surface area contributed by atoms with Crippen LogP contribution in [0.3, 0.4) is 0 Å². The molecule has 1 aromatic heterocycles. The van der Waals surface area contributed by atoms with E-state index >= 15 is 0 Å². The molecule has 0 unspecified atom stereocenters. The van der Waals surface area contributed by atoms with Gasteiger partial charge in [-0.3, -0.25) is 15.1 Å². The van der Waals surface area contributed by atoms with E-state index in [4.69, 9.17) is 0 Å². The third-order valence-electron chi connectivity index (χ3n) is 3.66. The Hall–Kier alpha value is -2.50. The molecule has 1 aromatic carbocycles. The van der Waals surface area contributed by atoms with E-state index in [1.165, 1.54) is 28.6 Å². The first kappa shape index (κ1) is 20.8. The largest absolute Gasteiger partial charge is 0.355 e. The van der Waals surface area contributed by atoms with Crippen molar-refractivity contribution in [3.05, 3.63) is 56.3 Å². The van der Waals surface area contributed by atoms with Crippen LogP contribution in [-0.2, 0) is 16.6 Å². The minimum atomic E-state index is -3.83. The summed E-state index contributed by atoms with van der Waals surface area (Å²) in [6, 6.07) is 6.96. The molecule has 11 heteroatoms. The van der Waals surface area contributed by atoms with E-state index in [1.807, 2.05) is 18.4 Å². The van der Waals surface area contributed by atoms with Crippen LogP contribution in [0.4, 0.5) is 5.69 Å². The number of guanidine groups is 1. The van der Waals surface area contributed by atoms with Crippen molar-refractivity contribution < 1.29 is 13.3 Å². The Balaban J connectivity index is 1.83. The molecule has 1 heterocycles. The Morgan fingerprint density at radius 2 is 2.04 bits per heavy atom. The molecule has 0 fully saturated rings. The first-order valence-electron chi connectivity index (χ1n) is 8.05. The minimum absolute atomic E-state index is 0.101. The maximum atomic E-state index is 12.2. The van der Waals surface area contributed by atoms with Gasteiger partial charge in [-0.2, -0.15) is 0 Å². The third kappa shape index (κ3) is 6.01. The molecule has 0 saturated carbocycles. The van der Waals surface area contributed by atoms with Gasteiger partial charge in [-0.25, -0.2) is 13.1 Å². The smallest absolute Gasteiger partial charge is 0.270 e. The van der Waals surface area contributed by atoms with E-state index in [1.54, 1.807) is 18.4 Å². The van der Waals surface area contributed by atoms with Crippen molar-refractivity contribution in [1.82, 2.24) is 15.4 Å². The quantitative estimate of drug-likeness (QED) is 0.199. The summed E-state index contributed by atoms with van der Waals surface area (Å²) in [5, 5.41) is 19.0. The van der Waals surface area contributed by atoms with Crippen molar-refractivity contribution in [3.63, 3.8) is 0 Å². The predicted molar refractivity (Wildman–Crippen MR) is 106 cm³/mol. The molecule has 0 aliphatic carbocycles. The zero-order chi connectivity index (χ0) is 19.9. The van der Waals surface area contributed by atoms with Gasteiger partial charge in [0.1, 0.15) is 0 Å². The summed E-state index contributed by atoms with van der Waals surface area (Å²) in [6.07, 6.45) is 0. The fraction of sp³-hybridized carbons (Fsp3) is 0.312. The lowest BCUT2D eigenvalue weighted by molar-refractivity contribution is -0.385. The molecule has 2 aromatic rings. The van der Waals surface area contributed by atoms with Crippen LogP contribution in [0.1, 0.15) is 10.4 Å². The lowest BCUT2D eigenvalue weighted by Crippen LogP contribution is -2.41. The van der Waals surface area contributed by atoms with E-state index < -0.39 is 14.9 Å². The molecule has 0 aliphatic heterocycles. The number of non-ortho nitro benzene ring substituents is 1. The molecule has 3 N–H and O–H groups in total. The van der Waals surface area contributed by atoms with Crippen molar-refractivity contribution in [1.29, 1.82) is 0 Å². The molecule has 2 rings (SSSR count). The normalized spacial score (nSPS) is 12.0. The van der Waals surface area contributed by atoms with Gasteiger partial charge in [-0.05, 0) is 30.0 Å². The monoisotopic (exact) mass is 411 g/mol. The van der Waals surface area contributed by atoms with Gasteiger partial charge in [0.25, 0.3) is 5.69 Å². The van der Waals surface area contributed by atoms with E-state index in [0.29, 0.717) is 19.0 Å². The highest BCUT2D eigenvalue weighted by Crippen LogP contribution is 2.17. The molecule has 0 atom stereocenters. The number of nitro groups is 1. The number of benzene rings is 1. The molecule has 0 saturated heterocycles. The van der Waals surface area contributed by atoms with Crippen molar-refractivity contribution in [3.8, 4) is 0 Å². The number of thiophene rings is 1. The molecule has 0 amide bonds. The second kappa shape index (κ2) is 9.44. The van der Waals surface area contributed by atoms with Crippen LogP contribution in [0.25, 0.3) is 0 Å². The van der Waals surface area contributed by atoms with E-state index in [9.17, 15) is 18.5 Å². The van der Waals surface area contributed by atoms with Crippen molar-refractivity contribution in [2.45, 2.75) is 18.4 Å². The number of nitrogens with one attached hydrogen (secondary N) is 3. The van der Waals surface area contributed by atoms with Crippen molar-refractivity contribution in [2.24, 2.45) is 4.99 Å². The average molecular weight is 412 g/mol. The van der Waals surface area contributed by atoms with Crippen molar-refractivity contribution in [2.75, 3.05) is 20.1 Å². The maximum absolute atomic E-state index is 12.2. The number of rotatable bonds is 8. The van der Waals surface area contributed by atoms with Gasteiger partial charge in [0, 0.05) is 37.1 Å². The summed E-state index contributed by atoms with van der Waals surface area (Å²) in [5.74, 6) is 0.553. The zero-order valence-electron chi connectivity index (χ0n) is 14.9. The molecule has 146 valence electrons. The van der Waals surface area contributed by atoms with Gasteiger partial charge in [-0.15, -0.1) is 11.3 Å². The Morgan fingerprint density at radius 3 is 2.67 bits per heavy atom. The number of sulfonamides is 1. The first-order valence-corrected chi connectivity index (χ1v) is 10.4. The van der Waals surface area contributed by atoms with Crippen LogP contribution in [0.15, 0.2) is 45.6 Å². The second-order valence-corrected chi connectivity index (χ2v) is 8.30. The van der Waals surface area contributed by atoms with E-state index in [-0.39, 0.29) is 17.1 Å². The van der Waals surface area contributed by atoms with Crippen LogP contribution in [0, 0.1) is 17.0 Å². The highest BCUT2D eigenvalue weighted by Gasteiger charge is 2.17. The molecule has 0 spiro atoms. The first-order chi connectivity index (χ1) is 12.8. The van der Waals surface area contributed by atoms with Crippen LogP contribution in [0.5, 0.6) is 0 Å². The topological polar surface area (TPSA) is 126 Å². The summed E-state index contributed by atoms with van der Waals surface area (Å²) < 4.78 is 26.9. The zero-order valence-corrected chi connectivity index (χ0v) is 16.6. The second-order valence-electron chi connectivity index (χ2n) is 5.53. The fourth-order valence-electron chi connectivity index (χ4n) is 2.18. The number of nitro benzene ring substituents is 1. The van der Waals surface area contributed by atoms with Gasteiger partial charge < -0.3 is 10.6 Å². The van der Waals surface area contributed by atoms with Crippen LogP contribution in [0.2, 0.25) is 0 Å². The molecule has 0 bridgehead atoms. The Bertz CT molecular complexity index is 924. The molecular formula is C16H21N5O4S2. The number of hydrogen-bond donors (Lipinski definition) is 3. The molecule has 0 radical (unpaired) electrons. The van der Waals surface area contributed by atoms with Crippen LogP contribution >= 0.6 is 11.3 Å². The fourth-order valence-corrected chi connectivity index (χ4v) is 4.10. The number of aliphatic imine (C=N–C) groups is 1. The SMILES string of the molecule is CN=C(NCCNS(=O)(=O)c1cccc([N+](=O)[O-])c1)NCc1sccc1C. The molecule has 9 nitrogen and oxygen atoms in total. The lowest BCUT2D eigenvalue weighted by atomic mass is 10.3. The van der Waals surface area contributed by atoms with Crippen LogP contribution in [-0.4, -0.2) is 39.4 Å². The number of hydrogen-bond acceptors (Lipinski definition) is 6. The Morgan fingerprint density at radius 1 is 1.26 bits per heavy atom. The van der Waals surface area contributed by atoms with Gasteiger partial charge in [0.05, 0.1) is 16.4 Å². The van der Waals surface area contributed by atoms with E-state index in [0.717, 1.165) is 6.07 Å². The molecule has 0 aliphatic rings. The molecule has 27 heavy (non-hydrogen) atoms. The van der Waals surface area contributed by atoms with Gasteiger partial charge in [0.2, 0.25) is 10.0 Å². The number of aryl methyl sites for hydroxylation is 1. The maximum Gasteiger partial charge on any atom is 0.270 e. The number of nitrogens with zero attached hydrogens (tertiary/aromatic N) is 2. The Labute approximate surface area is 161 Å². The summed E-state index contributed by atoms with van der Waals surface area (Å²) in [6.45, 7) is 3.07. The highest BCUT2D eigenvalue weighted by molar-refractivity contribution is 7.89. The highest BCUT2D eigenvalue weighted by atomic mass is 32.2. The summed E-state index contributed by atoms with van der Waals surface area (Å²) in [7, 11) is -2.20. The third-order valence-corrected chi connectivity index (χ3v) is 6.14. The summed E-state index contributed by atoms with van der Waals surface area (Å²) in [4.78, 5) is 15.3. The molecular weight excluding hydrogens is 390 g/mol. The van der Waals surface area contributed by atoms with Gasteiger partial charge in [0.15, 0.2) is 5.96 Å². The van der Waals surface area contributed by atoms with Gasteiger partial charge in [-0.1, -0.05) is 6.07 Å². The lowest BCUT2D eigenvalue weighted by Gasteiger charge is -2.12. The van der Waals surface area contributed by atoms with E-state index in [2.05, 4.69) is 20.3 Å². The Kier molecular flexibility index (Phi) is 7.28. The minimum Gasteiger partial charge on any atom is -0.355 e. The summed E-state index contributed by atoms with van der Waals surface area (Å²) >= 11 is 1.65.